The molecule has 26 heavy (non-hydrogen) atoms. The third-order valence-electron chi connectivity index (χ3n) is 4.00. The van der Waals surface area contributed by atoms with E-state index in [9.17, 15) is 9.46 Å². The van der Waals surface area contributed by atoms with Crippen molar-refractivity contribution in [2.24, 2.45) is 0 Å². The zero-order chi connectivity index (χ0) is 18.7. The van der Waals surface area contributed by atoms with Gasteiger partial charge in [-0.2, -0.15) is 0 Å². The van der Waals surface area contributed by atoms with Crippen LogP contribution in [0.4, 0.5) is 0 Å². The summed E-state index contributed by atoms with van der Waals surface area (Å²) < 4.78 is 22.4. The van der Waals surface area contributed by atoms with E-state index in [0.717, 1.165) is 11.1 Å². The molecule has 0 bridgehead atoms. The first-order valence-corrected chi connectivity index (χ1v) is 9.79. The first-order valence-electron chi connectivity index (χ1n) is 8.29. The second-order valence-corrected chi connectivity index (χ2v) is 7.56. The fraction of sp³-hybridized carbons (Fsp3) is 0.143. The van der Waals surface area contributed by atoms with Gasteiger partial charge in [-0.25, -0.2) is 4.57 Å². The van der Waals surface area contributed by atoms with Crippen molar-refractivity contribution >= 4 is 7.82 Å². The summed E-state index contributed by atoms with van der Waals surface area (Å²) in [6.45, 7) is 6.23. The zero-order valence-electron chi connectivity index (χ0n) is 15.0. The average molecular weight is 368 g/mol. The Labute approximate surface area is 153 Å². The van der Waals surface area contributed by atoms with E-state index in [4.69, 9.17) is 9.05 Å². The van der Waals surface area contributed by atoms with Gasteiger partial charge in [-0.3, -0.25) is 4.89 Å². The molecular formula is C21H21O4P. The van der Waals surface area contributed by atoms with Crippen LogP contribution < -0.4 is 9.05 Å². The Balaban J connectivity index is 1.79. The number of para-hydroxylation sites is 1. The van der Waals surface area contributed by atoms with E-state index in [0.29, 0.717) is 0 Å². The molecule has 1 unspecified atom stereocenters. The second kappa shape index (κ2) is 7.36. The number of rotatable bonds is 5. The zero-order valence-corrected chi connectivity index (χ0v) is 15.9. The molecule has 4 nitrogen and oxygen atoms in total. The fourth-order valence-corrected chi connectivity index (χ4v) is 3.90. The summed E-state index contributed by atoms with van der Waals surface area (Å²) >= 11 is 0. The van der Waals surface area contributed by atoms with Gasteiger partial charge in [0.25, 0.3) is 0 Å². The average Bonchev–Trinajstić information content (AvgIpc) is 2.55. The van der Waals surface area contributed by atoms with Crippen LogP contribution >= 0.6 is 7.82 Å². The van der Waals surface area contributed by atoms with Crippen molar-refractivity contribution in [1.29, 1.82) is 0 Å². The summed E-state index contributed by atoms with van der Waals surface area (Å²) in [6, 6.07) is 19.8. The fourth-order valence-electron chi connectivity index (χ4n) is 3.08. The highest BCUT2D eigenvalue weighted by atomic mass is 31.2. The molecule has 0 saturated heterocycles. The first-order chi connectivity index (χ1) is 12.3. The summed E-state index contributed by atoms with van der Waals surface area (Å²) in [7, 11) is -4.25. The van der Waals surface area contributed by atoms with Crippen LogP contribution in [0.1, 0.15) is 16.7 Å². The minimum atomic E-state index is -4.25. The third kappa shape index (κ3) is 4.34. The number of phosphoric acid groups is 1. The van der Waals surface area contributed by atoms with E-state index in [2.05, 4.69) is 32.9 Å². The standard InChI is InChI=1S/C21H21O4P/c1-15-13-16(2)21(17(3)14-15)18-9-11-20(12-10-18)25-26(22,23)24-19-7-5-4-6-8-19/h4-14H,1-3H3,(H,22,23). The van der Waals surface area contributed by atoms with E-state index in [-0.39, 0.29) is 11.5 Å². The summed E-state index contributed by atoms with van der Waals surface area (Å²) in [6.07, 6.45) is 0. The van der Waals surface area contributed by atoms with Crippen molar-refractivity contribution in [1.82, 2.24) is 0 Å². The van der Waals surface area contributed by atoms with E-state index >= 15 is 0 Å². The molecular weight excluding hydrogens is 347 g/mol. The van der Waals surface area contributed by atoms with Crippen LogP contribution in [0.15, 0.2) is 66.7 Å². The Morgan fingerprint density at radius 3 is 1.81 bits per heavy atom. The lowest BCUT2D eigenvalue weighted by atomic mass is 9.94. The molecule has 0 spiro atoms. The molecule has 1 N–H and O–H groups in total. The molecule has 1 atom stereocenters. The van der Waals surface area contributed by atoms with Gasteiger partial charge in [0.2, 0.25) is 0 Å². The summed E-state index contributed by atoms with van der Waals surface area (Å²) in [5.41, 5.74) is 5.80. The minimum absolute atomic E-state index is 0.276. The second-order valence-electron chi connectivity index (χ2n) is 6.26. The van der Waals surface area contributed by atoms with E-state index in [1.807, 2.05) is 12.1 Å². The predicted molar refractivity (Wildman–Crippen MR) is 104 cm³/mol. The van der Waals surface area contributed by atoms with Crippen LogP contribution in [0.3, 0.4) is 0 Å². The van der Waals surface area contributed by atoms with E-state index in [1.165, 1.54) is 16.7 Å². The van der Waals surface area contributed by atoms with Crippen LogP contribution in [0, 0.1) is 20.8 Å². The van der Waals surface area contributed by atoms with Crippen molar-refractivity contribution < 1.29 is 18.5 Å². The number of hydrogen-bond donors (Lipinski definition) is 1. The van der Waals surface area contributed by atoms with Gasteiger partial charge in [0.1, 0.15) is 11.5 Å². The largest absolute Gasteiger partial charge is 0.584 e. The maximum Gasteiger partial charge on any atom is 0.584 e. The molecule has 0 fully saturated rings. The lowest BCUT2D eigenvalue weighted by molar-refractivity contribution is 0.291. The molecule has 3 aromatic rings. The van der Waals surface area contributed by atoms with E-state index < -0.39 is 7.82 Å². The SMILES string of the molecule is Cc1cc(C)c(-c2ccc(OP(=O)(O)Oc3ccccc3)cc2)c(C)c1. The molecule has 0 aliphatic heterocycles. The third-order valence-corrected chi connectivity index (χ3v) is 4.89. The van der Waals surface area contributed by atoms with Gasteiger partial charge >= 0.3 is 7.82 Å². The number of aryl methyl sites for hydroxylation is 3. The van der Waals surface area contributed by atoms with Crippen LogP contribution in [0.2, 0.25) is 0 Å². The van der Waals surface area contributed by atoms with Gasteiger partial charge in [-0.05, 0) is 67.3 Å². The lowest BCUT2D eigenvalue weighted by Crippen LogP contribution is -1.99. The molecule has 3 aromatic carbocycles. The Bertz CT molecular complexity index is 927. The molecule has 134 valence electrons. The Morgan fingerprint density at radius 2 is 1.27 bits per heavy atom. The molecule has 0 radical (unpaired) electrons. The number of phosphoric ester groups is 1. The Kier molecular flexibility index (Phi) is 5.17. The topological polar surface area (TPSA) is 55.8 Å². The summed E-state index contributed by atoms with van der Waals surface area (Å²) in [5, 5.41) is 0. The van der Waals surface area contributed by atoms with Gasteiger partial charge in [0.05, 0.1) is 0 Å². The van der Waals surface area contributed by atoms with Gasteiger partial charge < -0.3 is 9.05 Å². The smallest absolute Gasteiger partial charge is 0.395 e. The highest BCUT2D eigenvalue weighted by Gasteiger charge is 2.25. The molecule has 0 aliphatic carbocycles. The quantitative estimate of drug-likeness (QED) is 0.575. The van der Waals surface area contributed by atoms with Gasteiger partial charge in [-0.15, -0.1) is 0 Å². The minimum Gasteiger partial charge on any atom is -0.395 e. The molecule has 0 amide bonds. The van der Waals surface area contributed by atoms with Crippen molar-refractivity contribution in [3.63, 3.8) is 0 Å². The molecule has 5 heteroatoms. The molecule has 0 saturated carbocycles. The number of hydrogen-bond acceptors (Lipinski definition) is 3. The van der Waals surface area contributed by atoms with Crippen molar-refractivity contribution in [2.75, 3.05) is 0 Å². The van der Waals surface area contributed by atoms with Gasteiger partial charge in [0.15, 0.2) is 0 Å². The molecule has 0 aliphatic rings. The highest BCUT2D eigenvalue weighted by Crippen LogP contribution is 2.44. The number of benzene rings is 3. The molecule has 3 rings (SSSR count). The normalized spacial score (nSPS) is 13.1. The highest BCUT2D eigenvalue weighted by molar-refractivity contribution is 7.48. The Hall–Kier alpha value is -2.55. The van der Waals surface area contributed by atoms with Crippen molar-refractivity contribution in [3.8, 4) is 22.6 Å². The molecule has 0 aromatic heterocycles. The van der Waals surface area contributed by atoms with Crippen LogP contribution in [0.25, 0.3) is 11.1 Å². The van der Waals surface area contributed by atoms with Crippen molar-refractivity contribution in [3.05, 3.63) is 83.4 Å². The maximum absolute atomic E-state index is 12.2. The first kappa shape index (κ1) is 18.2. The molecule has 0 heterocycles. The van der Waals surface area contributed by atoms with Crippen molar-refractivity contribution in [2.45, 2.75) is 20.8 Å². The van der Waals surface area contributed by atoms with Crippen LogP contribution in [0.5, 0.6) is 11.5 Å². The lowest BCUT2D eigenvalue weighted by Gasteiger charge is -2.15. The van der Waals surface area contributed by atoms with Gasteiger partial charge in [0, 0.05) is 0 Å². The van der Waals surface area contributed by atoms with Crippen LogP contribution in [-0.4, -0.2) is 4.89 Å². The maximum atomic E-state index is 12.2. The van der Waals surface area contributed by atoms with Crippen LogP contribution in [-0.2, 0) is 4.57 Å². The van der Waals surface area contributed by atoms with E-state index in [1.54, 1.807) is 42.5 Å². The summed E-state index contributed by atoms with van der Waals surface area (Å²) in [5.74, 6) is 0.554. The van der Waals surface area contributed by atoms with Gasteiger partial charge in [-0.1, -0.05) is 48.0 Å². The predicted octanol–water partition coefficient (Wildman–Crippen LogP) is 5.84. The Morgan fingerprint density at radius 1 is 0.769 bits per heavy atom. The summed E-state index contributed by atoms with van der Waals surface area (Å²) in [4.78, 5) is 9.94. The monoisotopic (exact) mass is 368 g/mol.